The molecule has 0 radical (unpaired) electrons. The number of hydrogen-bond donors (Lipinski definition) is 2. The van der Waals surface area contributed by atoms with Crippen molar-refractivity contribution >= 4 is 20.1 Å². The highest BCUT2D eigenvalue weighted by atomic mass is 32.2. The van der Waals surface area contributed by atoms with Gasteiger partial charge < -0.3 is 0 Å². The quantitative estimate of drug-likeness (QED) is 0.577. The molecule has 0 aliphatic carbocycles. The van der Waals surface area contributed by atoms with Crippen LogP contribution in [-0.4, -0.2) is 21.4 Å². The molecule has 3 aromatic carbocycles. The number of nitrogens with two attached hydrogens (primary N) is 1. The fraction of sp³-hybridized carbons (Fsp3) is 0.100. The van der Waals surface area contributed by atoms with Gasteiger partial charge in [0.2, 0.25) is 10.0 Å². The fourth-order valence-corrected chi connectivity index (χ4v) is 4.68. The van der Waals surface area contributed by atoms with E-state index in [2.05, 4.69) is 0 Å². The highest BCUT2D eigenvalue weighted by molar-refractivity contribution is 7.89. The summed E-state index contributed by atoms with van der Waals surface area (Å²) in [7, 11) is -9.23. The Bertz CT molecular complexity index is 1210. The van der Waals surface area contributed by atoms with Crippen LogP contribution in [0, 0.1) is 5.82 Å². The van der Waals surface area contributed by atoms with Crippen LogP contribution < -0.4 is 5.14 Å². The molecule has 0 spiro atoms. The van der Waals surface area contributed by atoms with E-state index in [0.717, 1.165) is 23.8 Å². The highest BCUT2D eigenvalue weighted by Crippen LogP contribution is 2.36. The van der Waals surface area contributed by atoms with Crippen LogP contribution in [0.4, 0.5) is 4.39 Å². The highest BCUT2D eigenvalue weighted by Gasteiger charge is 2.27. The molecule has 0 aromatic heterocycles. The normalized spacial score (nSPS) is 12.1. The molecule has 3 rings (SSSR count). The van der Waals surface area contributed by atoms with Crippen LogP contribution in [0.1, 0.15) is 11.1 Å². The average molecular weight is 435 g/mol. The molecule has 0 unspecified atom stereocenters. The van der Waals surface area contributed by atoms with Gasteiger partial charge in [0.05, 0.1) is 4.90 Å². The number of sulfonamides is 1. The van der Waals surface area contributed by atoms with Gasteiger partial charge in [0.1, 0.15) is 10.7 Å². The molecular weight excluding hydrogens is 417 g/mol. The minimum atomic E-state index is -4.84. The fourth-order valence-electron chi connectivity index (χ4n) is 3.12. The summed E-state index contributed by atoms with van der Waals surface area (Å²) < 4.78 is 72.4. The van der Waals surface area contributed by atoms with Gasteiger partial charge in [0, 0.05) is 11.1 Å². The Balaban J connectivity index is 2.17. The summed E-state index contributed by atoms with van der Waals surface area (Å²) >= 11 is 0. The predicted molar refractivity (Wildman–Crippen MR) is 107 cm³/mol. The maximum Gasteiger partial charge on any atom is 0.295 e. The summed E-state index contributed by atoms with van der Waals surface area (Å²) in [6.45, 7) is 0. The predicted octanol–water partition coefficient (Wildman–Crippen LogP) is 3.17. The molecule has 3 aromatic rings. The third-order valence-corrected chi connectivity index (χ3v) is 6.30. The van der Waals surface area contributed by atoms with Crippen LogP contribution in [0.2, 0.25) is 0 Å². The molecule has 0 amide bonds. The number of halogens is 1. The van der Waals surface area contributed by atoms with E-state index in [0.29, 0.717) is 12.8 Å². The van der Waals surface area contributed by atoms with Crippen molar-refractivity contribution in [2.45, 2.75) is 22.6 Å². The standard InChI is InChI=1S/C20H18FNO5S2/c21-20-15(13-12-14-6-2-1-3-7-14)8-4-9-16(20)19-17(28(22,23)24)10-5-11-18(19)29(25,26)27/h1-11H,12-13H2,(H2,22,23,24)(H,25,26,27). The van der Waals surface area contributed by atoms with Gasteiger partial charge in [-0.2, -0.15) is 8.42 Å². The molecule has 0 fully saturated rings. The monoisotopic (exact) mass is 435 g/mol. The summed E-state index contributed by atoms with van der Waals surface area (Å²) in [5.41, 5.74) is 0.502. The molecular formula is C20H18FNO5S2. The zero-order chi connectivity index (χ0) is 21.2. The number of benzene rings is 3. The lowest BCUT2D eigenvalue weighted by Gasteiger charge is -2.15. The van der Waals surface area contributed by atoms with Crippen molar-refractivity contribution in [3.8, 4) is 11.1 Å². The molecule has 152 valence electrons. The van der Waals surface area contributed by atoms with Crippen molar-refractivity contribution in [2.24, 2.45) is 5.14 Å². The summed E-state index contributed by atoms with van der Waals surface area (Å²) in [5, 5.41) is 5.20. The second-order valence-corrected chi connectivity index (χ2v) is 9.33. The van der Waals surface area contributed by atoms with Gasteiger partial charge in [-0.25, -0.2) is 17.9 Å². The van der Waals surface area contributed by atoms with Gasteiger partial charge in [-0.15, -0.1) is 0 Å². The Morgan fingerprint density at radius 1 is 0.793 bits per heavy atom. The largest absolute Gasteiger partial charge is 0.295 e. The van der Waals surface area contributed by atoms with Crippen molar-refractivity contribution in [3.63, 3.8) is 0 Å². The number of primary sulfonamides is 1. The first kappa shape index (κ1) is 21.1. The van der Waals surface area contributed by atoms with Gasteiger partial charge in [-0.1, -0.05) is 54.6 Å². The van der Waals surface area contributed by atoms with E-state index >= 15 is 4.39 Å². The van der Waals surface area contributed by atoms with E-state index in [4.69, 9.17) is 5.14 Å². The van der Waals surface area contributed by atoms with E-state index in [1.165, 1.54) is 18.2 Å². The molecule has 0 bridgehead atoms. The van der Waals surface area contributed by atoms with Crippen LogP contribution in [-0.2, 0) is 33.0 Å². The molecule has 0 aliphatic heterocycles. The third-order valence-electron chi connectivity index (χ3n) is 4.45. The summed E-state index contributed by atoms with van der Waals surface area (Å²) in [5.74, 6) is -0.774. The van der Waals surface area contributed by atoms with Gasteiger partial charge in [-0.3, -0.25) is 4.55 Å². The van der Waals surface area contributed by atoms with Gasteiger partial charge in [-0.05, 0) is 36.1 Å². The lowest BCUT2D eigenvalue weighted by Crippen LogP contribution is -2.16. The van der Waals surface area contributed by atoms with Crippen LogP contribution in [0.5, 0.6) is 0 Å². The van der Waals surface area contributed by atoms with Crippen LogP contribution in [0.15, 0.2) is 76.5 Å². The van der Waals surface area contributed by atoms with Crippen molar-refractivity contribution in [3.05, 3.63) is 83.7 Å². The minimum Gasteiger partial charge on any atom is -0.282 e. The molecule has 0 atom stereocenters. The first-order valence-corrected chi connectivity index (χ1v) is 11.5. The van der Waals surface area contributed by atoms with Crippen molar-refractivity contribution in [2.75, 3.05) is 0 Å². The van der Waals surface area contributed by atoms with Gasteiger partial charge >= 0.3 is 0 Å². The van der Waals surface area contributed by atoms with E-state index in [1.807, 2.05) is 30.3 Å². The Morgan fingerprint density at radius 3 is 2.03 bits per heavy atom. The topological polar surface area (TPSA) is 115 Å². The molecule has 0 saturated carbocycles. The van der Waals surface area contributed by atoms with E-state index in [-0.39, 0.29) is 11.1 Å². The zero-order valence-electron chi connectivity index (χ0n) is 15.1. The van der Waals surface area contributed by atoms with E-state index in [9.17, 15) is 21.4 Å². The first-order chi connectivity index (χ1) is 13.6. The summed E-state index contributed by atoms with van der Waals surface area (Å²) in [6.07, 6.45) is 0.839. The number of hydrogen-bond acceptors (Lipinski definition) is 4. The smallest absolute Gasteiger partial charge is 0.282 e. The third kappa shape index (κ3) is 4.70. The molecule has 0 aliphatic rings. The zero-order valence-corrected chi connectivity index (χ0v) is 16.8. The molecule has 29 heavy (non-hydrogen) atoms. The lowest BCUT2D eigenvalue weighted by molar-refractivity contribution is 0.483. The SMILES string of the molecule is NS(=O)(=O)c1cccc(S(=O)(=O)O)c1-c1cccc(CCc2ccccc2)c1F. The Kier molecular flexibility index (Phi) is 5.85. The molecule has 9 heteroatoms. The van der Waals surface area contributed by atoms with Crippen LogP contribution >= 0.6 is 0 Å². The second kappa shape index (κ2) is 8.03. The van der Waals surface area contributed by atoms with Crippen molar-refractivity contribution in [1.29, 1.82) is 0 Å². The van der Waals surface area contributed by atoms with Crippen LogP contribution in [0.25, 0.3) is 11.1 Å². The van der Waals surface area contributed by atoms with Crippen LogP contribution in [0.3, 0.4) is 0 Å². The Labute approximate surface area is 168 Å². The molecule has 6 nitrogen and oxygen atoms in total. The van der Waals surface area contributed by atoms with Gasteiger partial charge in [0.15, 0.2) is 0 Å². The van der Waals surface area contributed by atoms with Gasteiger partial charge in [0.25, 0.3) is 10.1 Å². The maximum atomic E-state index is 15.3. The maximum absolute atomic E-state index is 15.3. The molecule has 0 saturated heterocycles. The summed E-state index contributed by atoms with van der Waals surface area (Å²) in [6, 6.07) is 16.8. The lowest BCUT2D eigenvalue weighted by atomic mass is 9.98. The minimum absolute atomic E-state index is 0.271. The second-order valence-electron chi connectivity index (χ2n) is 6.41. The number of aryl methyl sites for hydroxylation is 2. The molecule has 0 heterocycles. The van der Waals surface area contributed by atoms with E-state index in [1.54, 1.807) is 0 Å². The first-order valence-electron chi connectivity index (χ1n) is 8.54. The molecule has 3 N–H and O–H groups in total. The van der Waals surface area contributed by atoms with Crippen molar-refractivity contribution in [1.82, 2.24) is 0 Å². The average Bonchev–Trinajstić information content (AvgIpc) is 2.66. The van der Waals surface area contributed by atoms with E-state index < -0.39 is 41.3 Å². The Hall–Kier alpha value is -2.59. The summed E-state index contributed by atoms with van der Waals surface area (Å²) in [4.78, 5) is -1.32. The number of rotatable bonds is 6. The Morgan fingerprint density at radius 2 is 1.41 bits per heavy atom. The van der Waals surface area contributed by atoms with Crippen molar-refractivity contribution < 1.29 is 25.8 Å².